The number of amides is 1. The van der Waals surface area contributed by atoms with E-state index in [2.05, 4.69) is 112 Å². The zero-order chi connectivity index (χ0) is 47.9. The molecule has 358 valence electrons. The second-order valence-electron chi connectivity index (χ2n) is 20.9. The van der Waals surface area contributed by atoms with Gasteiger partial charge < -0.3 is 20.3 Å². The van der Waals surface area contributed by atoms with Crippen molar-refractivity contribution in [2.45, 2.75) is 117 Å². The Kier molecular flexibility index (Phi) is 13.1. The summed E-state index contributed by atoms with van der Waals surface area (Å²) in [6.07, 6.45) is 15.6. The van der Waals surface area contributed by atoms with Crippen LogP contribution in [-0.2, 0) is 48.2 Å². The number of aryl methyl sites for hydroxylation is 3. The molecule has 0 saturated carbocycles. The molecule has 6 aromatic rings. The summed E-state index contributed by atoms with van der Waals surface area (Å²) in [6, 6.07) is 30.6. The van der Waals surface area contributed by atoms with Crippen molar-refractivity contribution in [3.63, 3.8) is 0 Å². The van der Waals surface area contributed by atoms with Gasteiger partial charge in [0, 0.05) is 84.2 Å². The van der Waals surface area contributed by atoms with E-state index in [1.54, 1.807) is 6.92 Å². The van der Waals surface area contributed by atoms with E-state index in [4.69, 9.17) is 4.74 Å². The monoisotopic (exact) mass is 930 g/mol. The Morgan fingerprint density at radius 2 is 1.36 bits per heavy atom. The summed E-state index contributed by atoms with van der Waals surface area (Å²) >= 11 is 0. The summed E-state index contributed by atoms with van der Waals surface area (Å²) in [7, 11) is 0. The van der Waals surface area contributed by atoms with Gasteiger partial charge in [0.25, 0.3) is 0 Å². The van der Waals surface area contributed by atoms with Gasteiger partial charge in [-0.15, -0.1) is 0 Å². The maximum atomic E-state index is 12.3. The maximum absolute atomic E-state index is 12.3. The number of carbonyl (C=O) groups excluding carboxylic acids is 2. The summed E-state index contributed by atoms with van der Waals surface area (Å²) in [5.74, 6) is 2.30. The molecule has 0 bridgehead atoms. The Hall–Kier alpha value is -6.31. The van der Waals surface area contributed by atoms with Crippen LogP contribution in [0.5, 0.6) is 11.5 Å². The summed E-state index contributed by atoms with van der Waals surface area (Å²) in [5, 5.41) is 14.6. The highest BCUT2D eigenvalue weighted by Gasteiger charge is 2.35. The number of benzene rings is 6. The predicted octanol–water partition coefficient (Wildman–Crippen LogP) is 10.9. The van der Waals surface area contributed by atoms with Crippen LogP contribution in [0.2, 0.25) is 0 Å². The lowest BCUT2D eigenvalue weighted by Gasteiger charge is -2.39. The van der Waals surface area contributed by atoms with Gasteiger partial charge in [-0.25, -0.2) is 4.58 Å². The van der Waals surface area contributed by atoms with Crippen LogP contribution in [0.4, 0.5) is 5.69 Å². The number of nitrogens with zero attached hydrogens (tertiary/aromatic N) is 2. The number of ether oxygens (including phenoxy) is 1. The third-order valence-electron chi connectivity index (χ3n) is 16.0. The molecule has 0 spiro atoms. The molecule has 0 unspecified atom stereocenters. The third kappa shape index (κ3) is 8.69. The molecule has 6 aromatic carbocycles. The fourth-order valence-electron chi connectivity index (χ4n) is 12.6. The van der Waals surface area contributed by atoms with E-state index in [1.807, 2.05) is 6.92 Å². The van der Waals surface area contributed by atoms with Gasteiger partial charge in [0.05, 0.1) is 5.56 Å². The van der Waals surface area contributed by atoms with Crippen molar-refractivity contribution in [2.24, 2.45) is 0 Å². The van der Waals surface area contributed by atoms with Crippen LogP contribution in [0.3, 0.4) is 0 Å². The minimum Gasteiger partial charge on any atom is -0.455 e. The number of Topliss-reactive ketones (excluding diaryl/α,β-unsaturated/α-hetero) is 1. The average molecular weight is 930 g/mol. The van der Waals surface area contributed by atoms with Crippen molar-refractivity contribution in [3.05, 3.63) is 158 Å². The Morgan fingerprint density at radius 1 is 0.657 bits per heavy atom. The lowest BCUT2D eigenvalue weighted by atomic mass is 9.82. The fourth-order valence-corrected chi connectivity index (χ4v) is 12.6. The number of hydrogen-bond acceptors (Lipinski definition) is 5. The molecule has 5 aliphatic rings. The van der Waals surface area contributed by atoms with Crippen LogP contribution in [-0.4, -0.2) is 51.0 Å². The van der Waals surface area contributed by atoms with Gasteiger partial charge in [-0.1, -0.05) is 86.7 Å². The van der Waals surface area contributed by atoms with E-state index in [0.717, 1.165) is 115 Å². The predicted molar refractivity (Wildman–Crippen MR) is 288 cm³/mol. The van der Waals surface area contributed by atoms with Crippen molar-refractivity contribution >= 4 is 44.5 Å². The maximum Gasteiger partial charge on any atom is 0.246 e. The molecule has 11 rings (SSSR count). The molecule has 0 aliphatic carbocycles. The number of allylic oxidation sites excluding steroid dienone is 1. The van der Waals surface area contributed by atoms with E-state index in [0.29, 0.717) is 24.1 Å². The van der Waals surface area contributed by atoms with Gasteiger partial charge >= 0.3 is 0 Å². The average Bonchev–Trinajstić information content (AvgIpc) is 3.38. The first-order valence-electron chi connectivity index (χ1n) is 26.6. The van der Waals surface area contributed by atoms with Crippen molar-refractivity contribution < 1.29 is 14.3 Å². The number of nitrogens with one attached hydrogen (secondary N) is 2. The topological polar surface area (TPSA) is 73.7 Å². The van der Waals surface area contributed by atoms with E-state index in [-0.39, 0.29) is 11.7 Å². The molecule has 0 atom stereocenters. The number of carbonyl (C=O) groups is 2. The third-order valence-corrected chi connectivity index (χ3v) is 16.0. The Bertz CT molecular complexity index is 3250. The van der Waals surface area contributed by atoms with Gasteiger partial charge in [-0.2, -0.15) is 0 Å². The Balaban J connectivity index is 0.979. The molecule has 1 amide bonds. The number of hydrogen-bond donors (Lipinski definition) is 2. The fraction of sp³-hybridized carbons (Fsp3) is 0.381. The first kappa shape index (κ1) is 46.1. The van der Waals surface area contributed by atoms with Crippen molar-refractivity contribution in [2.75, 3.05) is 44.2 Å². The van der Waals surface area contributed by atoms with E-state index in [1.165, 1.54) is 125 Å². The van der Waals surface area contributed by atoms with Gasteiger partial charge in [-0.05, 0) is 163 Å². The summed E-state index contributed by atoms with van der Waals surface area (Å²) in [6.45, 7) is 17.9. The number of anilines is 1. The molecule has 70 heavy (non-hydrogen) atoms. The lowest BCUT2D eigenvalue weighted by Crippen LogP contribution is -2.45. The SMILES string of the molecule is C=C(C)C(=O)CCCCCCc1c2ccccc2c(CNCCCNC(=O)C(=C)C)c2ccc(-c3ccc(C4=c5cc6c7c(c5Oc5c4cc4c8c5CCCN8CCC4)CCC[N+]=7CCC6)cc3)cc12. The largest absolute Gasteiger partial charge is 0.455 e. The lowest BCUT2D eigenvalue weighted by molar-refractivity contribution is -0.117. The summed E-state index contributed by atoms with van der Waals surface area (Å²) in [5.41, 5.74) is 17.5. The molecule has 7 heteroatoms. The highest BCUT2D eigenvalue weighted by atomic mass is 16.5. The van der Waals surface area contributed by atoms with Gasteiger partial charge in [0.15, 0.2) is 5.78 Å². The highest BCUT2D eigenvalue weighted by Crippen LogP contribution is 2.49. The standard InChI is InChI=1S/C63H68N4O3/c1-40(2)57(68)23-8-6-5-7-18-48-47-19-9-10-20-49(47)56(39-64-30-15-31-65-63(69)41(3)4)50-29-28-44(36-53(48)50)42-24-26-43(27-25-42)58-54-37-45-16-11-32-66-34-13-21-51(59(45)66)61(54)70-62-52-22-14-35-67-33-12-17-46(60(52)67)38-55(58)62/h9-10,19-20,24-29,36-38,64H,1,3,5-8,11-18,21-23,30-35,39H2,2,4H3/p+1. The quantitative estimate of drug-likeness (QED) is 0.0412. The van der Waals surface area contributed by atoms with E-state index >= 15 is 0 Å². The van der Waals surface area contributed by atoms with Crippen LogP contribution < -0.4 is 35.4 Å². The molecular weight excluding hydrogens is 861 g/mol. The van der Waals surface area contributed by atoms with Crippen LogP contribution in [0.15, 0.2) is 103 Å². The number of rotatable bonds is 17. The normalized spacial score (nSPS) is 15.5. The van der Waals surface area contributed by atoms with Crippen molar-refractivity contribution in [1.29, 1.82) is 0 Å². The second-order valence-corrected chi connectivity index (χ2v) is 20.9. The number of ketones is 1. The zero-order valence-corrected chi connectivity index (χ0v) is 41.6. The second kappa shape index (κ2) is 19.8. The minimum atomic E-state index is -0.0883. The van der Waals surface area contributed by atoms with Crippen LogP contribution in [0.25, 0.3) is 38.2 Å². The van der Waals surface area contributed by atoms with Gasteiger partial charge in [0.1, 0.15) is 24.6 Å². The Morgan fingerprint density at radius 3 is 2.16 bits per heavy atom. The highest BCUT2D eigenvalue weighted by molar-refractivity contribution is 6.07. The Labute approximate surface area is 414 Å². The van der Waals surface area contributed by atoms with Crippen LogP contribution in [0.1, 0.15) is 123 Å². The summed E-state index contributed by atoms with van der Waals surface area (Å²) < 4.78 is 10.0. The molecule has 0 saturated heterocycles. The van der Waals surface area contributed by atoms with Crippen LogP contribution in [0, 0.1) is 0 Å². The van der Waals surface area contributed by atoms with Crippen LogP contribution >= 0.6 is 0 Å². The molecule has 0 aromatic heterocycles. The zero-order valence-electron chi connectivity index (χ0n) is 41.6. The number of unbranched alkanes of at least 4 members (excludes halogenated alkanes) is 3. The number of fused-ring (bicyclic) bond motifs is 6. The van der Waals surface area contributed by atoms with E-state index < -0.39 is 0 Å². The molecule has 0 fully saturated rings. The van der Waals surface area contributed by atoms with Gasteiger partial charge in [0.2, 0.25) is 11.3 Å². The first-order valence-corrected chi connectivity index (χ1v) is 26.6. The molecule has 7 nitrogen and oxygen atoms in total. The molecule has 5 heterocycles. The molecule has 5 aliphatic heterocycles. The smallest absolute Gasteiger partial charge is 0.246 e. The molecule has 2 N–H and O–H groups in total. The van der Waals surface area contributed by atoms with Gasteiger partial charge in [-0.3, -0.25) is 9.59 Å². The van der Waals surface area contributed by atoms with Crippen molar-refractivity contribution in [1.82, 2.24) is 15.2 Å². The first-order chi connectivity index (χ1) is 34.2. The van der Waals surface area contributed by atoms with E-state index in [9.17, 15) is 9.59 Å². The minimum absolute atomic E-state index is 0.0883. The molecular formula is C63H69N4O3+. The molecule has 0 radical (unpaired) electrons. The summed E-state index contributed by atoms with van der Waals surface area (Å²) in [4.78, 5) is 27.0. The van der Waals surface area contributed by atoms with Crippen molar-refractivity contribution in [3.8, 4) is 22.6 Å².